The number of carbonyl (C=O) groups is 2. The number of halogens is 1. The number of carbonyl (C=O) groups excluding carboxylic acids is 2. The lowest BCUT2D eigenvalue weighted by molar-refractivity contribution is -0.112. The van der Waals surface area contributed by atoms with Crippen LogP contribution in [0.2, 0.25) is 5.02 Å². The molecule has 0 atom stereocenters. The standard InChI is InChI=1S/C13H10ClNO2S/c1-8-4-5-9(14)7-10(8)15-13(17)12(16)11-3-2-6-18-11/h2-7H,1H3,(H,15,17). The van der Waals surface area contributed by atoms with Gasteiger partial charge in [0.15, 0.2) is 0 Å². The average Bonchev–Trinajstić information content (AvgIpc) is 2.86. The fourth-order valence-electron chi connectivity index (χ4n) is 1.43. The molecule has 5 heteroatoms. The Morgan fingerprint density at radius 3 is 2.72 bits per heavy atom. The molecule has 0 spiro atoms. The summed E-state index contributed by atoms with van der Waals surface area (Å²) in [6.45, 7) is 1.83. The Morgan fingerprint density at radius 1 is 1.28 bits per heavy atom. The van der Waals surface area contributed by atoms with Gasteiger partial charge in [-0.15, -0.1) is 11.3 Å². The molecule has 1 aromatic heterocycles. The van der Waals surface area contributed by atoms with Crippen LogP contribution < -0.4 is 5.32 Å². The zero-order valence-corrected chi connectivity index (χ0v) is 11.1. The first kappa shape index (κ1) is 12.8. The van der Waals surface area contributed by atoms with Crippen LogP contribution in [0, 0.1) is 6.92 Å². The lowest BCUT2D eigenvalue weighted by Gasteiger charge is -2.07. The quantitative estimate of drug-likeness (QED) is 0.690. The maximum atomic E-state index is 11.8. The minimum absolute atomic E-state index is 0.423. The summed E-state index contributed by atoms with van der Waals surface area (Å²) < 4.78 is 0. The van der Waals surface area contributed by atoms with Crippen molar-refractivity contribution in [3.63, 3.8) is 0 Å². The first-order valence-corrected chi connectivity index (χ1v) is 6.49. The third kappa shape index (κ3) is 2.78. The van der Waals surface area contributed by atoms with Crippen molar-refractivity contribution < 1.29 is 9.59 Å². The maximum Gasteiger partial charge on any atom is 0.297 e. The monoisotopic (exact) mass is 279 g/mol. The molecule has 0 saturated heterocycles. The van der Waals surface area contributed by atoms with Crippen molar-refractivity contribution in [1.29, 1.82) is 0 Å². The summed E-state index contributed by atoms with van der Waals surface area (Å²) in [5.74, 6) is -1.19. The van der Waals surface area contributed by atoms with Crippen LogP contribution in [0.3, 0.4) is 0 Å². The van der Waals surface area contributed by atoms with E-state index in [1.54, 1.807) is 35.7 Å². The molecule has 0 bridgehead atoms. The first-order valence-electron chi connectivity index (χ1n) is 5.23. The van der Waals surface area contributed by atoms with Crippen LogP contribution in [0.1, 0.15) is 15.2 Å². The number of ketones is 1. The molecular weight excluding hydrogens is 270 g/mol. The van der Waals surface area contributed by atoms with Crippen molar-refractivity contribution in [2.45, 2.75) is 6.92 Å². The maximum absolute atomic E-state index is 11.8. The largest absolute Gasteiger partial charge is 0.319 e. The number of amides is 1. The molecule has 0 unspecified atom stereocenters. The van der Waals surface area contributed by atoms with Crippen molar-refractivity contribution in [1.82, 2.24) is 0 Å². The zero-order valence-electron chi connectivity index (χ0n) is 9.57. The van der Waals surface area contributed by atoms with Crippen LogP contribution in [0.5, 0.6) is 0 Å². The molecule has 0 saturated carbocycles. The van der Waals surface area contributed by atoms with Gasteiger partial charge in [-0.3, -0.25) is 9.59 Å². The number of aryl methyl sites for hydroxylation is 1. The van der Waals surface area contributed by atoms with E-state index in [0.29, 0.717) is 15.6 Å². The third-order valence-electron chi connectivity index (χ3n) is 2.40. The number of rotatable bonds is 3. The van der Waals surface area contributed by atoms with E-state index < -0.39 is 11.7 Å². The highest BCUT2D eigenvalue weighted by molar-refractivity contribution is 7.13. The van der Waals surface area contributed by atoms with Crippen molar-refractivity contribution in [3.05, 3.63) is 51.2 Å². The second-order valence-corrected chi connectivity index (χ2v) is 5.10. The number of hydrogen-bond acceptors (Lipinski definition) is 3. The fourth-order valence-corrected chi connectivity index (χ4v) is 2.26. The van der Waals surface area contributed by atoms with Crippen molar-refractivity contribution in [2.24, 2.45) is 0 Å². The van der Waals surface area contributed by atoms with Crippen LogP contribution in [0.4, 0.5) is 5.69 Å². The van der Waals surface area contributed by atoms with E-state index in [4.69, 9.17) is 11.6 Å². The second kappa shape index (κ2) is 5.33. The summed E-state index contributed by atoms with van der Waals surface area (Å²) in [4.78, 5) is 24.0. The molecule has 0 fully saturated rings. The molecule has 2 rings (SSSR count). The second-order valence-electron chi connectivity index (χ2n) is 3.72. The molecule has 3 nitrogen and oxygen atoms in total. The minimum atomic E-state index is -0.650. The predicted octanol–water partition coefficient (Wildman–Crippen LogP) is 3.53. The summed E-state index contributed by atoms with van der Waals surface area (Å²) in [6.07, 6.45) is 0. The number of benzene rings is 1. The number of thiophene rings is 1. The van der Waals surface area contributed by atoms with Gasteiger partial charge in [0.2, 0.25) is 0 Å². The summed E-state index contributed by atoms with van der Waals surface area (Å²) in [5.41, 5.74) is 1.41. The molecule has 1 heterocycles. The Labute approximate surface area is 113 Å². The fraction of sp³-hybridized carbons (Fsp3) is 0.0769. The average molecular weight is 280 g/mol. The summed E-state index contributed by atoms with van der Waals surface area (Å²) in [7, 11) is 0. The Balaban J connectivity index is 2.17. The molecule has 0 aliphatic carbocycles. The summed E-state index contributed by atoms with van der Waals surface area (Å²) >= 11 is 7.09. The Kier molecular flexibility index (Phi) is 3.79. The molecule has 0 radical (unpaired) electrons. The number of Topliss-reactive ketones (excluding diaryl/α,β-unsaturated/α-hetero) is 1. The third-order valence-corrected chi connectivity index (χ3v) is 3.50. The topological polar surface area (TPSA) is 46.2 Å². The highest BCUT2D eigenvalue weighted by Crippen LogP contribution is 2.20. The predicted molar refractivity (Wildman–Crippen MR) is 73.5 cm³/mol. The Morgan fingerprint density at radius 2 is 2.06 bits per heavy atom. The van der Waals surface area contributed by atoms with E-state index in [1.165, 1.54) is 11.3 Å². The lowest BCUT2D eigenvalue weighted by Crippen LogP contribution is -2.22. The van der Waals surface area contributed by atoms with E-state index in [1.807, 2.05) is 6.92 Å². The molecule has 1 N–H and O–H groups in total. The van der Waals surface area contributed by atoms with Crippen molar-refractivity contribution >= 4 is 40.3 Å². The summed E-state index contributed by atoms with van der Waals surface area (Å²) in [5, 5.41) is 4.84. The number of anilines is 1. The van der Waals surface area contributed by atoms with Gasteiger partial charge in [0.05, 0.1) is 4.88 Å². The van der Waals surface area contributed by atoms with Crippen LogP contribution >= 0.6 is 22.9 Å². The number of nitrogens with one attached hydrogen (secondary N) is 1. The van der Waals surface area contributed by atoms with E-state index in [0.717, 1.165) is 5.56 Å². The van der Waals surface area contributed by atoms with Crippen LogP contribution in [-0.4, -0.2) is 11.7 Å². The minimum Gasteiger partial charge on any atom is -0.319 e. The highest BCUT2D eigenvalue weighted by Gasteiger charge is 2.17. The molecule has 1 aromatic carbocycles. The molecule has 18 heavy (non-hydrogen) atoms. The van der Waals surface area contributed by atoms with Crippen LogP contribution in [0.15, 0.2) is 35.7 Å². The molecule has 2 aromatic rings. The van der Waals surface area contributed by atoms with E-state index >= 15 is 0 Å². The molecule has 92 valence electrons. The molecular formula is C13H10ClNO2S. The smallest absolute Gasteiger partial charge is 0.297 e. The van der Waals surface area contributed by atoms with Crippen LogP contribution in [0.25, 0.3) is 0 Å². The van der Waals surface area contributed by atoms with Gasteiger partial charge in [-0.1, -0.05) is 23.7 Å². The molecule has 0 aliphatic heterocycles. The SMILES string of the molecule is Cc1ccc(Cl)cc1NC(=O)C(=O)c1cccs1. The van der Waals surface area contributed by atoms with E-state index in [-0.39, 0.29) is 0 Å². The van der Waals surface area contributed by atoms with Gasteiger partial charge >= 0.3 is 0 Å². The van der Waals surface area contributed by atoms with Gasteiger partial charge in [0, 0.05) is 10.7 Å². The van der Waals surface area contributed by atoms with E-state index in [9.17, 15) is 9.59 Å². The van der Waals surface area contributed by atoms with Gasteiger partial charge in [-0.2, -0.15) is 0 Å². The molecule has 0 aliphatic rings. The van der Waals surface area contributed by atoms with Gasteiger partial charge in [-0.25, -0.2) is 0 Å². The van der Waals surface area contributed by atoms with Gasteiger partial charge in [-0.05, 0) is 36.1 Å². The molecule has 1 amide bonds. The zero-order chi connectivity index (χ0) is 13.1. The van der Waals surface area contributed by atoms with Crippen molar-refractivity contribution in [2.75, 3.05) is 5.32 Å². The Hall–Kier alpha value is -1.65. The van der Waals surface area contributed by atoms with E-state index in [2.05, 4.69) is 5.32 Å². The van der Waals surface area contributed by atoms with Gasteiger partial charge < -0.3 is 5.32 Å². The lowest BCUT2D eigenvalue weighted by atomic mass is 10.2. The Bertz CT molecular complexity index is 593. The van der Waals surface area contributed by atoms with Crippen molar-refractivity contribution in [3.8, 4) is 0 Å². The van der Waals surface area contributed by atoms with Gasteiger partial charge in [0.1, 0.15) is 0 Å². The van der Waals surface area contributed by atoms with Crippen LogP contribution in [-0.2, 0) is 4.79 Å². The first-order chi connectivity index (χ1) is 8.58. The highest BCUT2D eigenvalue weighted by atomic mass is 35.5. The normalized spacial score (nSPS) is 10.1. The van der Waals surface area contributed by atoms with Gasteiger partial charge in [0.25, 0.3) is 11.7 Å². The number of hydrogen-bond donors (Lipinski definition) is 1. The summed E-state index contributed by atoms with van der Waals surface area (Å²) in [6, 6.07) is 8.49.